The normalized spacial score (nSPS) is 27.9. The molecule has 0 bridgehead atoms. The molecule has 0 amide bonds. The summed E-state index contributed by atoms with van der Waals surface area (Å²) in [5, 5.41) is 0. The van der Waals surface area contributed by atoms with E-state index in [1.165, 1.54) is 34.6 Å². The Morgan fingerprint density at radius 3 is 2.80 bits per heavy atom. The molecule has 0 spiro atoms. The van der Waals surface area contributed by atoms with Crippen LogP contribution in [0.1, 0.15) is 40.5 Å². The predicted molar refractivity (Wildman–Crippen MR) is 88.3 cm³/mol. The van der Waals surface area contributed by atoms with Gasteiger partial charge in [0.2, 0.25) is 0 Å². The summed E-state index contributed by atoms with van der Waals surface area (Å²) >= 11 is 1.76. The highest BCUT2D eigenvalue weighted by Gasteiger charge is 2.28. The van der Waals surface area contributed by atoms with Crippen molar-refractivity contribution >= 4 is 11.9 Å². The molecule has 2 rings (SSSR count). The zero-order chi connectivity index (χ0) is 14.5. The van der Waals surface area contributed by atoms with Crippen molar-refractivity contribution in [2.75, 3.05) is 6.67 Å². The molecule has 0 unspecified atom stereocenters. The molecule has 1 fully saturated rings. The smallest absolute Gasteiger partial charge is 0.0957 e. The van der Waals surface area contributed by atoms with Crippen molar-refractivity contribution in [3.05, 3.63) is 46.2 Å². The zero-order valence-electron chi connectivity index (χ0n) is 12.9. The van der Waals surface area contributed by atoms with Crippen molar-refractivity contribution in [3.63, 3.8) is 0 Å². The summed E-state index contributed by atoms with van der Waals surface area (Å²) in [6, 6.07) is 0. The predicted octanol–water partition coefficient (Wildman–Crippen LogP) is 4.07. The summed E-state index contributed by atoms with van der Waals surface area (Å²) < 4.78 is 2.23. The number of rotatable bonds is 4. The third-order valence-electron chi connectivity index (χ3n) is 3.56. The summed E-state index contributed by atoms with van der Waals surface area (Å²) in [5.41, 5.74) is 10.8. The van der Waals surface area contributed by atoms with Crippen LogP contribution in [0.2, 0.25) is 0 Å². The van der Waals surface area contributed by atoms with Crippen molar-refractivity contribution in [1.29, 1.82) is 0 Å². The Hall–Kier alpha value is -1.13. The van der Waals surface area contributed by atoms with Crippen molar-refractivity contribution in [2.45, 2.75) is 40.5 Å². The molecule has 0 saturated heterocycles. The highest BCUT2D eigenvalue weighted by atomic mass is 32.2. The number of allylic oxidation sites excluding steroid dienone is 7. The van der Waals surface area contributed by atoms with Gasteiger partial charge in [0.05, 0.1) is 6.67 Å². The van der Waals surface area contributed by atoms with E-state index in [2.05, 4.69) is 54.3 Å². The van der Waals surface area contributed by atoms with Gasteiger partial charge in [-0.1, -0.05) is 18.2 Å². The summed E-state index contributed by atoms with van der Waals surface area (Å²) in [6.07, 6.45) is 11.1. The molecule has 3 nitrogen and oxygen atoms in total. The van der Waals surface area contributed by atoms with Crippen LogP contribution in [-0.2, 0) is 0 Å². The van der Waals surface area contributed by atoms with Gasteiger partial charge in [0, 0.05) is 22.7 Å². The topological polar surface area (TPSA) is 27.3 Å². The maximum absolute atomic E-state index is 3.41. The van der Waals surface area contributed by atoms with Crippen LogP contribution in [0.25, 0.3) is 0 Å². The fourth-order valence-corrected chi connectivity index (χ4v) is 3.01. The van der Waals surface area contributed by atoms with E-state index in [4.69, 9.17) is 0 Å². The van der Waals surface area contributed by atoms with Crippen molar-refractivity contribution in [3.8, 4) is 0 Å². The maximum atomic E-state index is 3.41. The second kappa shape index (κ2) is 7.04. The number of hydrogen-bond acceptors (Lipinski definition) is 4. The Labute approximate surface area is 127 Å². The zero-order valence-corrected chi connectivity index (χ0v) is 13.7. The van der Waals surface area contributed by atoms with Gasteiger partial charge in [0.25, 0.3) is 0 Å². The first-order valence-corrected chi connectivity index (χ1v) is 8.01. The van der Waals surface area contributed by atoms with Crippen LogP contribution in [-0.4, -0.2) is 11.0 Å². The first-order valence-electron chi connectivity index (χ1n) is 7.24. The van der Waals surface area contributed by atoms with Crippen LogP contribution in [0, 0.1) is 5.92 Å². The van der Waals surface area contributed by atoms with Gasteiger partial charge in [0.15, 0.2) is 0 Å². The minimum Gasteiger partial charge on any atom is -0.323 e. The molecule has 0 atom stereocenters. The Balaban J connectivity index is 2.09. The molecule has 2 aliphatic rings. The number of hydrazine groups is 1. The largest absolute Gasteiger partial charge is 0.323 e. The quantitative estimate of drug-likeness (QED) is 0.603. The molecule has 0 radical (unpaired) electrons. The number of nitrogens with one attached hydrogen (secondary N) is 2. The van der Waals surface area contributed by atoms with E-state index in [1.807, 2.05) is 13.0 Å². The molecule has 0 aromatic carbocycles. The Bertz CT molecular complexity index is 470. The third-order valence-corrected chi connectivity index (χ3v) is 4.45. The lowest BCUT2D eigenvalue weighted by Crippen LogP contribution is -2.39. The molecular weight excluding hydrogens is 266 g/mol. The average Bonchev–Trinajstić information content (AvgIpc) is 3.23. The second-order valence-corrected chi connectivity index (χ2v) is 6.69. The van der Waals surface area contributed by atoms with Crippen LogP contribution in [0.3, 0.4) is 0 Å². The molecule has 110 valence electrons. The summed E-state index contributed by atoms with van der Waals surface area (Å²) in [6.45, 7) is 9.37. The van der Waals surface area contributed by atoms with Gasteiger partial charge in [-0.3, -0.25) is 0 Å². The van der Waals surface area contributed by atoms with E-state index in [9.17, 15) is 0 Å². The summed E-state index contributed by atoms with van der Waals surface area (Å²) in [5.74, 6) is 0.737. The van der Waals surface area contributed by atoms with E-state index in [-0.39, 0.29) is 0 Å². The molecule has 2 N–H and O–H groups in total. The molecule has 0 aromatic heterocycles. The first kappa shape index (κ1) is 15.3. The van der Waals surface area contributed by atoms with Crippen LogP contribution < -0.4 is 10.9 Å². The summed E-state index contributed by atoms with van der Waals surface area (Å²) in [7, 11) is 0. The SMILES string of the molecule is C/C=C\C=C(/C)SN1/C=C(C)\C(C)=C(/C2CC2)NNC1. The van der Waals surface area contributed by atoms with Crippen LogP contribution in [0.4, 0.5) is 0 Å². The molecule has 1 saturated carbocycles. The number of nitrogens with zero attached hydrogens (tertiary/aromatic N) is 1. The Morgan fingerprint density at radius 1 is 1.40 bits per heavy atom. The molecule has 1 heterocycles. The molecule has 4 heteroatoms. The molecular formula is C16H25N3S. The maximum Gasteiger partial charge on any atom is 0.0957 e. The lowest BCUT2D eigenvalue weighted by atomic mass is 10.1. The minimum absolute atomic E-state index is 0.737. The van der Waals surface area contributed by atoms with Gasteiger partial charge in [0.1, 0.15) is 0 Å². The fourth-order valence-electron chi connectivity index (χ4n) is 2.16. The van der Waals surface area contributed by atoms with Crippen LogP contribution in [0.5, 0.6) is 0 Å². The lowest BCUT2D eigenvalue weighted by Gasteiger charge is -2.26. The van der Waals surface area contributed by atoms with Crippen molar-refractivity contribution in [1.82, 2.24) is 15.2 Å². The first-order chi connectivity index (χ1) is 9.61. The minimum atomic E-state index is 0.737. The van der Waals surface area contributed by atoms with Gasteiger partial charge < -0.3 is 9.73 Å². The standard InChI is InChI=1S/C16H25N3S/c1-5-6-7-13(3)20-19-10-12(2)14(4)16(15-8-9-15)18-17-11-19/h5-7,10,15,17-18H,8-9,11H2,1-4H3/b6-5-,12-10-,13-7+,16-14+. The second-order valence-electron chi connectivity index (χ2n) is 5.40. The van der Waals surface area contributed by atoms with Gasteiger partial charge in [-0.25, -0.2) is 5.43 Å². The average molecular weight is 291 g/mol. The van der Waals surface area contributed by atoms with E-state index in [0.29, 0.717) is 0 Å². The van der Waals surface area contributed by atoms with Gasteiger partial charge in [-0.15, -0.1) is 0 Å². The van der Waals surface area contributed by atoms with Crippen molar-refractivity contribution in [2.24, 2.45) is 5.92 Å². The van der Waals surface area contributed by atoms with Crippen LogP contribution in [0.15, 0.2) is 46.2 Å². The van der Waals surface area contributed by atoms with E-state index in [0.717, 1.165) is 12.6 Å². The third kappa shape index (κ3) is 4.18. The van der Waals surface area contributed by atoms with Gasteiger partial charge in [-0.05, 0) is 63.6 Å². The number of hydrogen-bond donors (Lipinski definition) is 2. The van der Waals surface area contributed by atoms with E-state index in [1.54, 1.807) is 11.9 Å². The Kier molecular flexibility index (Phi) is 5.38. The lowest BCUT2D eigenvalue weighted by molar-refractivity contribution is 0.462. The molecule has 1 aliphatic carbocycles. The highest BCUT2D eigenvalue weighted by Crippen LogP contribution is 2.38. The van der Waals surface area contributed by atoms with Crippen molar-refractivity contribution < 1.29 is 0 Å². The molecule has 1 aliphatic heterocycles. The van der Waals surface area contributed by atoms with Gasteiger partial charge in [-0.2, -0.15) is 0 Å². The molecule has 20 heavy (non-hydrogen) atoms. The monoisotopic (exact) mass is 291 g/mol. The van der Waals surface area contributed by atoms with E-state index >= 15 is 0 Å². The van der Waals surface area contributed by atoms with E-state index < -0.39 is 0 Å². The molecule has 0 aromatic rings. The Morgan fingerprint density at radius 2 is 2.15 bits per heavy atom. The summed E-state index contributed by atoms with van der Waals surface area (Å²) in [4.78, 5) is 1.28. The fraction of sp³-hybridized carbons (Fsp3) is 0.500. The van der Waals surface area contributed by atoms with Crippen LogP contribution >= 0.6 is 11.9 Å². The van der Waals surface area contributed by atoms with Gasteiger partial charge >= 0.3 is 0 Å². The highest BCUT2D eigenvalue weighted by molar-refractivity contribution is 8.00.